The summed E-state index contributed by atoms with van der Waals surface area (Å²) in [4.78, 5) is 40.4. The van der Waals surface area contributed by atoms with E-state index in [4.69, 9.17) is 10.5 Å². The Morgan fingerprint density at radius 3 is 2.70 bits per heavy atom. The minimum atomic E-state index is -0.841. The molecule has 0 radical (unpaired) electrons. The van der Waals surface area contributed by atoms with Gasteiger partial charge in [0.1, 0.15) is 11.6 Å². The number of hydrogen-bond donors (Lipinski definition) is 2. The van der Waals surface area contributed by atoms with Crippen LogP contribution in [0.15, 0.2) is 33.9 Å². The number of anilines is 2. The molecule has 1 aromatic heterocycles. The first kappa shape index (κ1) is 20.3. The van der Waals surface area contributed by atoms with Crippen LogP contribution in [0.25, 0.3) is 0 Å². The molecule has 8 nitrogen and oxygen atoms in total. The van der Waals surface area contributed by atoms with Crippen molar-refractivity contribution in [2.45, 2.75) is 46.3 Å². The summed E-state index contributed by atoms with van der Waals surface area (Å²) in [6, 6.07) is 7.32. The second-order valence-corrected chi connectivity index (χ2v) is 6.47. The number of aryl methyl sites for hydroxylation is 1. The molecule has 2 rings (SSSR count). The minimum absolute atomic E-state index is 0.0317. The number of carbonyl (C=O) groups is 1. The summed E-state index contributed by atoms with van der Waals surface area (Å²) in [5.74, 6) is 0.0734. The molecule has 0 aliphatic carbocycles. The highest BCUT2D eigenvalue weighted by Crippen LogP contribution is 2.19. The number of amides is 1. The van der Waals surface area contributed by atoms with Gasteiger partial charge in [-0.05, 0) is 38.0 Å². The fraction of sp³-hybridized carbons (Fsp3) is 0.421. The Morgan fingerprint density at radius 2 is 2.07 bits per heavy atom. The number of unbranched alkanes of at least 4 members (excludes halogenated alkanes) is 1. The molecular formula is C19H26N4O4. The third-order valence-electron chi connectivity index (χ3n) is 4.27. The molecule has 0 aliphatic rings. The highest BCUT2D eigenvalue weighted by molar-refractivity contribution is 5.97. The van der Waals surface area contributed by atoms with Crippen LogP contribution in [0.4, 0.5) is 11.5 Å². The number of nitrogen functional groups attached to an aromatic ring is 1. The van der Waals surface area contributed by atoms with Crippen molar-refractivity contribution >= 4 is 17.4 Å². The zero-order valence-electron chi connectivity index (χ0n) is 16.1. The van der Waals surface area contributed by atoms with E-state index in [1.54, 1.807) is 13.0 Å². The van der Waals surface area contributed by atoms with E-state index in [2.05, 4.69) is 4.98 Å². The Bertz CT molecular complexity index is 932. The van der Waals surface area contributed by atoms with E-state index in [0.717, 1.165) is 23.3 Å². The highest BCUT2D eigenvalue weighted by atomic mass is 16.5. The standard InChI is InChI=1S/C19H26N4O4/c1-5-6-10-23-16(20)15(17(24)21-19(23)26)22(4)18(25)13(3)27-14-9-7-8-12(2)11-14/h7-9,11,13H,5-6,10,20H2,1-4H3,(H,21,24,26). The first-order valence-corrected chi connectivity index (χ1v) is 8.89. The molecule has 0 saturated heterocycles. The predicted octanol–water partition coefficient (Wildman–Crippen LogP) is 1.66. The van der Waals surface area contributed by atoms with Crippen LogP contribution in [0.1, 0.15) is 32.3 Å². The molecule has 2 aromatic rings. The van der Waals surface area contributed by atoms with Crippen LogP contribution in [0, 0.1) is 6.92 Å². The molecule has 146 valence electrons. The van der Waals surface area contributed by atoms with E-state index in [-0.39, 0.29) is 11.5 Å². The van der Waals surface area contributed by atoms with E-state index in [9.17, 15) is 14.4 Å². The molecule has 8 heteroatoms. The number of aromatic amines is 1. The maximum Gasteiger partial charge on any atom is 0.330 e. The first-order valence-electron chi connectivity index (χ1n) is 8.89. The van der Waals surface area contributed by atoms with Gasteiger partial charge >= 0.3 is 5.69 Å². The topological polar surface area (TPSA) is 110 Å². The van der Waals surface area contributed by atoms with E-state index in [1.165, 1.54) is 11.6 Å². The summed E-state index contributed by atoms with van der Waals surface area (Å²) in [5.41, 5.74) is 5.70. The normalized spacial score (nSPS) is 11.9. The Kier molecular flexibility index (Phi) is 6.44. The lowest BCUT2D eigenvalue weighted by Gasteiger charge is -2.23. The number of hydrogen-bond acceptors (Lipinski definition) is 5. The lowest BCUT2D eigenvalue weighted by atomic mass is 10.2. The van der Waals surface area contributed by atoms with Crippen LogP contribution >= 0.6 is 0 Å². The first-order chi connectivity index (χ1) is 12.8. The molecule has 1 heterocycles. The number of rotatable bonds is 7. The van der Waals surface area contributed by atoms with Gasteiger partial charge in [-0.1, -0.05) is 25.5 Å². The molecular weight excluding hydrogens is 348 g/mol. The van der Waals surface area contributed by atoms with E-state index < -0.39 is 23.3 Å². The highest BCUT2D eigenvalue weighted by Gasteiger charge is 2.25. The van der Waals surface area contributed by atoms with Crippen molar-refractivity contribution in [3.05, 3.63) is 50.7 Å². The number of likely N-dealkylation sites (N-methyl/N-ethyl adjacent to an activating group) is 1. The van der Waals surface area contributed by atoms with Crippen molar-refractivity contribution in [2.24, 2.45) is 0 Å². The number of ether oxygens (including phenoxy) is 1. The molecule has 0 bridgehead atoms. The molecule has 3 N–H and O–H groups in total. The fourth-order valence-corrected chi connectivity index (χ4v) is 2.77. The average molecular weight is 374 g/mol. The third-order valence-corrected chi connectivity index (χ3v) is 4.27. The van der Waals surface area contributed by atoms with Crippen molar-refractivity contribution in [1.82, 2.24) is 9.55 Å². The van der Waals surface area contributed by atoms with Crippen molar-refractivity contribution in [3.63, 3.8) is 0 Å². The van der Waals surface area contributed by atoms with Crippen molar-refractivity contribution in [1.29, 1.82) is 0 Å². The number of H-pyrrole nitrogens is 1. The second kappa shape index (κ2) is 8.57. The zero-order chi connectivity index (χ0) is 20.1. The van der Waals surface area contributed by atoms with Gasteiger partial charge < -0.3 is 15.4 Å². The van der Waals surface area contributed by atoms with Gasteiger partial charge in [0, 0.05) is 13.6 Å². The quantitative estimate of drug-likeness (QED) is 0.766. The molecule has 0 aliphatic heterocycles. The van der Waals surface area contributed by atoms with Gasteiger partial charge in [-0.3, -0.25) is 19.1 Å². The molecule has 1 atom stereocenters. The van der Waals surface area contributed by atoms with Gasteiger partial charge in [-0.15, -0.1) is 0 Å². The average Bonchev–Trinajstić information content (AvgIpc) is 2.60. The Labute approximate surface area is 157 Å². The van der Waals surface area contributed by atoms with Gasteiger partial charge in [0.15, 0.2) is 11.8 Å². The van der Waals surface area contributed by atoms with Crippen LogP contribution in [-0.4, -0.2) is 28.6 Å². The summed E-state index contributed by atoms with van der Waals surface area (Å²) >= 11 is 0. The van der Waals surface area contributed by atoms with Crippen molar-refractivity contribution in [3.8, 4) is 5.75 Å². The monoisotopic (exact) mass is 374 g/mol. The number of nitrogens with two attached hydrogens (primary N) is 1. The van der Waals surface area contributed by atoms with Crippen LogP contribution in [0.5, 0.6) is 5.75 Å². The summed E-state index contributed by atoms with van der Waals surface area (Å²) in [6.07, 6.45) is 0.739. The molecule has 1 aromatic carbocycles. The second-order valence-electron chi connectivity index (χ2n) is 6.47. The van der Waals surface area contributed by atoms with Gasteiger partial charge in [0.05, 0.1) is 0 Å². The number of nitrogens with one attached hydrogen (secondary N) is 1. The number of benzene rings is 1. The smallest absolute Gasteiger partial charge is 0.330 e. The Morgan fingerprint density at radius 1 is 1.37 bits per heavy atom. The molecule has 0 fully saturated rings. The van der Waals surface area contributed by atoms with E-state index >= 15 is 0 Å². The largest absolute Gasteiger partial charge is 0.481 e. The van der Waals surface area contributed by atoms with Gasteiger partial charge in [-0.25, -0.2) is 4.79 Å². The van der Waals surface area contributed by atoms with Gasteiger partial charge in [-0.2, -0.15) is 0 Å². The molecule has 27 heavy (non-hydrogen) atoms. The van der Waals surface area contributed by atoms with Crippen LogP contribution in [0.3, 0.4) is 0 Å². The van der Waals surface area contributed by atoms with Crippen LogP contribution in [-0.2, 0) is 11.3 Å². The summed E-state index contributed by atoms with van der Waals surface area (Å²) in [7, 11) is 1.44. The summed E-state index contributed by atoms with van der Waals surface area (Å²) in [5, 5.41) is 0. The fourth-order valence-electron chi connectivity index (χ4n) is 2.77. The van der Waals surface area contributed by atoms with Crippen LogP contribution in [0.2, 0.25) is 0 Å². The molecule has 1 unspecified atom stereocenters. The number of carbonyl (C=O) groups excluding carboxylic acids is 1. The maximum absolute atomic E-state index is 12.8. The Balaban J connectivity index is 2.30. The summed E-state index contributed by atoms with van der Waals surface area (Å²) in [6.45, 7) is 5.86. The molecule has 0 saturated carbocycles. The lowest BCUT2D eigenvalue weighted by Crippen LogP contribution is -2.43. The third kappa shape index (κ3) is 4.58. The zero-order valence-corrected chi connectivity index (χ0v) is 16.1. The maximum atomic E-state index is 12.8. The number of aromatic nitrogens is 2. The van der Waals surface area contributed by atoms with Crippen molar-refractivity contribution in [2.75, 3.05) is 17.7 Å². The summed E-state index contributed by atoms with van der Waals surface area (Å²) < 4.78 is 6.96. The SMILES string of the molecule is CCCCn1c(N)c(N(C)C(=O)C(C)Oc2cccc(C)c2)c(=O)[nH]c1=O. The van der Waals surface area contributed by atoms with Gasteiger partial charge in [0.2, 0.25) is 0 Å². The lowest BCUT2D eigenvalue weighted by molar-refractivity contribution is -0.124. The predicted molar refractivity (Wildman–Crippen MR) is 105 cm³/mol. The van der Waals surface area contributed by atoms with E-state index in [0.29, 0.717) is 12.3 Å². The molecule has 0 spiro atoms. The number of nitrogens with zero attached hydrogens (tertiary/aromatic N) is 2. The van der Waals surface area contributed by atoms with Gasteiger partial charge in [0.25, 0.3) is 11.5 Å². The Hall–Kier alpha value is -3.03. The van der Waals surface area contributed by atoms with Crippen LogP contribution < -0.4 is 26.6 Å². The minimum Gasteiger partial charge on any atom is -0.481 e. The van der Waals surface area contributed by atoms with E-state index in [1.807, 2.05) is 32.0 Å². The van der Waals surface area contributed by atoms with Crippen molar-refractivity contribution < 1.29 is 9.53 Å². The molecule has 1 amide bonds.